The smallest absolute Gasteiger partial charge is 0.184 e. The summed E-state index contributed by atoms with van der Waals surface area (Å²) in [5.41, 5.74) is 0. The van der Waals surface area contributed by atoms with Crippen LogP contribution in [0.2, 0.25) is 0 Å². The highest BCUT2D eigenvalue weighted by Gasteiger charge is 2.49. The van der Waals surface area contributed by atoms with E-state index in [2.05, 4.69) is 0 Å². The Labute approximate surface area is 132 Å². The number of aliphatic hydroxyl groups is 8. The van der Waals surface area contributed by atoms with Crippen LogP contribution in [0.1, 0.15) is 6.42 Å². The van der Waals surface area contributed by atoms with Gasteiger partial charge in [-0.25, -0.2) is 0 Å². The molecule has 1 saturated carbocycles. The lowest BCUT2D eigenvalue weighted by Crippen LogP contribution is -2.62. The van der Waals surface area contributed by atoms with Gasteiger partial charge in [0.1, 0.15) is 36.6 Å². The van der Waals surface area contributed by atoms with Crippen molar-refractivity contribution in [3.05, 3.63) is 0 Å². The largest absolute Gasteiger partial charge is 0.396 e. The first kappa shape index (κ1) is 18.9. The molecule has 0 spiro atoms. The standard InChI is InChI=1S/C13H24O10/c14-2-4-1-5(8(17)9(18)7(4)16)22-12-6(3-15)23-13(21)11(20)10(12)19/h4-21H,1-3H2. The predicted octanol–water partition coefficient (Wildman–Crippen LogP) is -4.73. The SMILES string of the molecule is OCC1CC(OC2C(CO)OC(O)C(O)C2O)C(O)C(O)C1O. The molecule has 0 radical (unpaired) electrons. The topological polar surface area (TPSA) is 180 Å². The van der Waals surface area contributed by atoms with Crippen LogP contribution in [0.5, 0.6) is 0 Å². The van der Waals surface area contributed by atoms with Gasteiger partial charge in [-0.15, -0.1) is 0 Å². The van der Waals surface area contributed by atoms with Gasteiger partial charge in [0.2, 0.25) is 0 Å². The second kappa shape index (κ2) is 7.66. The average molecular weight is 340 g/mol. The summed E-state index contributed by atoms with van der Waals surface area (Å²) >= 11 is 0. The normalized spacial score (nSPS) is 51.7. The van der Waals surface area contributed by atoms with E-state index < -0.39 is 74.3 Å². The third kappa shape index (κ3) is 3.66. The van der Waals surface area contributed by atoms with Crippen molar-refractivity contribution in [3.8, 4) is 0 Å². The van der Waals surface area contributed by atoms with Gasteiger partial charge in [-0.1, -0.05) is 0 Å². The zero-order chi connectivity index (χ0) is 17.3. The van der Waals surface area contributed by atoms with Crippen LogP contribution < -0.4 is 0 Å². The van der Waals surface area contributed by atoms with Gasteiger partial charge >= 0.3 is 0 Å². The van der Waals surface area contributed by atoms with Crippen LogP contribution in [0.25, 0.3) is 0 Å². The zero-order valence-electron chi connectivity index (χ0n) is 12.3. The molecule has 23 heavy (non-hydrogen) atoms. The van der Waals surface area contributed by atoms with Crippen molar-refractivity contribution >= 4 is 0 Å². The summed E-state index contributed by atoms with van der Waals surface area (Å²) in [5, 5.41) is 77.1. The Bertz CT molecular complexity index is 378. The van der Waals surface area contributed by atoms with Crippen molar-refractivity contribution in [2.24, 2.45) is 5.92 Å². The molecular weight excluding hydrogens is 316 g/mol. The molecule has 10 nitrogen and oxygen atoms in total. The zero-order valence-corrected chi connectivity index (χ0v) is 12.3. The molecule has 1 saturated heterocycles. The van der Waals surface area contributed by atoms with E-state index in [-0.39, 0.29) is 6.42 Å². The fraction of sp³-hybridized carbons (Fsp3) is 1.00. The van der Waals surface area contributed by atoms with E-state index >= 15 is 0 Å². The highest BCUT2D eigenvalue weighted by atomic mass is 16.7. The summed E-state index contributed by atoms with van der Waals surface area (Å²) in [7, 11) is 0. The summed E-state index contributed by atoms with van der Waals surface area (Å²) in [6.45, 7) is -1.07. The first-order valence-electron chi connectivity index (χ1n) is 7.42. The van der Waals surface area contributed by atoms with Crippen molar-refractivity contribution < 1.29 is 50.3 Å². The number of ether oxygens (including phenoxy) is 2. The predicted molar refractivity (Wildman–Crippen MR) is 71.9 cm³/mol. The molecule has 136 valence electrons. The Balaban J connectivity index is 2.11. The Morgan fingerprint density at radius 1 is 0.783 bits per heavy atom. The molecule has 10 heteroatoms. The molecule has 0 bridgehead atoms. The monoisotopic (exact) mass is 340 g/mol. The van der Waals surface area contributed by atoms with Crippen LogP contribution in [0.4, 0.5) is 0 Å². The van der Waals surface area contributed by atoms with Gasteiger partial charge in [-0.2, -0.15) is 0 Å². The van der Waals surface area contributed by atoms with E-state index in [0.717, 1.165) is 0 Å². The first-order chi connectivity index (χ1) is 10.8. The van der Waals surface area contributed by atoms with Gasteiger partial charge in [-0.3, -0.25) is 0 Å². The minimum atomic E-state index is -1.70. The fourth-order valence-electron chi connectivity index (χ4n) is 3.03. The summed E-state index contributed by atoms with van der Waals surface area (Å²) in [5.74, 6) is -0.747. The van der Waals surface area contributed by atoms with Gasteiger partial charge in [0.15, 0.2) is 6.29 Å². The van der Waals surface area contributed by atoms with E-state index in [1.165, 1.54) is 0 Å². The van der Waals surface area contributed by atoms with Gasteiger partial charge in [0.05, 0.1) is 18.8 Å². The molecule has 2 rings (SSSR count). The van der Waals surface area contributed by atoms with Gasteiger partial charge in [0, 0.05) is 12.5 Å². The van der Waals surface area contributed by atoms with E-state index in [9.17, 15) is 40.9 Å². The highest BCUT2D eigenvalue weighted by Crippen LogP contribution is 2.31. The maximum absolute atomic E-state index is 10.0. The van der Waals surface area contributed by atoms with Gasteiger partial charge in [0.25, 0.3) is 0 Å². The molecule has 0 aromatic rings. The highest BCUT2D eigenvalue weighted by molar-refractivity contribution is 4.96. The fourth-order valence-corrected chi connectivity index (χ4v) is 3.03. The molecule has 1 heterocycles. The van der Waals surface area contributed by atoms with Crippen molar-refractivity contribution in [2.75, 3.05) is 13.2 Å². The van der Waals surface area contributed by atoms with Gasteiger partial charge in [-0.05, 0) is 6.42 Å². The molecule has 0 amide bonds. The molecule has 0 aromatic heterocycles. The molecule has 10 atom stereocenters. The third-order valence-corrected chi connectivity index (χ3v) is 4.50. The maximum atomic E-state index is 10.0. The molecule has 8 N–H and O–H groups in total. The Morgan fingerprint density at radius 3 is 2.00 bits per heavy atom. The summed E-state index contributed by atoms with van der Waals surface area (Å²) in [6.07, 6.45) is -12.9. The molecule has 2 fully saturated rings. The third-order valence-electron chi connectivity index (χ3n) is 4.50. The molecule has 0 aromatic carbocycles. The first-order valence-corrected chi connectivity index (χ1v) is 7.42. The number of hydrogen-bond donors (Lipinski definition) is 8. The second-order valence-electron chi connectivity index (χ2n) is 6.02. The van der Waals surface area contributed by atoms with Crippen LogP contribution >= 0.6 is 0 Å². The van der Waals surface area contributed by atoms with E-state index in [1.54, 1.807) is 0 Å². The van der Waals surface area contributed by atoms with Crippen LogP contribution in [0, 0.1) is 5.92 Å². The molecule has 2 aliphatic rings. The Kier molecular flexibility index (Phi) is 6.30. The minimum Gasteiger partial charge on any atom is -0.396 e. The second-order valence-corrected chi connectivity index (χ2v) is 6.02. The number of hydrogen-bond acceptors (Lipinski definition) is 10. The summed E-state index contributed by atoms with van der Waals surface area (Å²) in [4.78, 5) is 0. The Morgan fingerprint density at radius 2 is 1.43 bits per heavy atom. The summed E-state index contributed by atoms with van der Waals surface area (Å²) < 4.78 is 10.4. The van der Waals surface area contributed by atoms with E-state index in [1.807, 2.05) is 0 Å². The van der Waals surface area contributed by atoms with Crippen LogP contribution in [0.3, 0.4) is 0 Å². The quantitative estimate of drug-likeness (QED) is 0.247. The van der Waals surface area contributed by atoms with Crippen molar-refractivity contribution in [1.82, 2.24) is 0 Å². The number of aliphatic hydroxyl groups excluding tert-OH is 8. The Hall–Kier alpha value is -0.400. The van der Waals surface area contributed by atoms with Crippen LogP contribution in [-0.4, -0.2) is 109 Å². The maximum Gasteiger partial charge on any atom is 0.184 e. The van der Waals surface area contributed by atoms with Crippen LogP contribution in [0.15, 0.2) is 0 Å². The lowest BCUT2D eigenvalue weighted by atomic mass is 9.81. The molecule has 10 unspecified atom stereocenters. The van der Waals surface area contributed by atoms with Gasteiger partial charge < -0.3 is 50.3 Å². The van der Waals surface area contributed by atoms with Crippen molar-refractivity contribution in [3.63, 3.8) is 0 Å². The van der Waals surface area contributed by atoms with Crippen LogP contribution in [-0.2, 0) is 9.47 Å². The lowest BCUT2D eigenvalue weighted by molar-refractivity contribution is -0.310. The average Bonchev–Trinajstić information content (AvgIpc) is 2.55. The van der Waals surface area contributed by atoms with E-state index in [4.69, 9.17) is 9.47 Å². The van der Waals surface area contributed by atoms with Crippen molar-refractivity contribution in [2.45, 2.75) is 61.5 Å². The lowest BCUT2D eigenvalue weighted by Gasteiger charge is -2.45. The molecule has 1 aliphatic heterocycles. The number of rotatable bonds is 4. The minimum absolute atomic E-state index is 0.0179. The van der Waals surface area contributed by atoms with E-state index in [0.29, 0.717) is 0 Å². The molecule has 1 aliphatic carbocycles. The molecular formula is C13H24O10. The summed E-state index contributed by atoms with van der Waals surface area (Å²) in [6, 6.07) is 0. The van der Waals surface area contributed by atoms with Crippen molar-refractivity contribution in [1.29, 1.82) is 0 Å².